The zero-order chi connectivity index (χ0) is 25.1. The van der Waals surface area contributed by atoms with Crippen LogP contribution in [0, 0.1) is 26.7 Å². The number of ether oxygens (including phenoxy) is 1. The molecule has 3 heterocycles. The Morgan fingerprint density at radius 2 is 2.00 bits per heavy atom. The average Bonchev–Trinajstić information content (AvgIpc) is 3.50. The fraction of sp³-hybridized carbons (Fsp3) is 0.259. The maximum atomic E-state index is 12.1. The van der Waals surface area contributed by atoms with Crippen molar-refractivity contribution in [2.75, 3.05) is 12.4 Å². The summed E-state index contributed by atoms with van der Waals surface area (Å²) in [5, 5.41) is 19.2. The van der Waals surface area contributed by atoms with Gasteiger partial charge in [0, 0.05) is 16.5 Å². The Hall–Kier alpha value is -4.40. The summed E-state index contributed by atoms with van der Waals surface area (Å²) in [5.41, 5.74) is 6.06. The molecule has 0 amide bonds. The van der Waals surface area contributed by atoms with Crippen molar-refractivity contribution >= 4 is 33.7 Å². The van der Waals surface area contributed by atoms with Crippen LogP contribution in [0.1, 0.15) is 34.4 Å². The van der Waals surface area contributed by atoms with Gasteiger partial charge in [-0.25, -0.2) is 9.97 Å². The summed E-state index contributed by atoms with van der Waals surface area (Å²) >= 11 is 0. The minimum atomic E-state index is -0.838. The number of fused-ring (bicyclic) bond motifs is 4. The molecule has 9 nitrogen and oxygen atoms in total. The number of carboxylic acid groups (broad SMARTS) is 1. The average molecular weight is 484 g/mol. The smallest absolute Gasteiger partial charge is 0.309 e. The lowest BCUT2D eigenvalue weighted by Crippen LogP contribution is -2.24. The monoisotopic (exact) mass is 483 g/mol. The second kappa shape index (κ2) is 8.08. The van der Waals surface area contributed by atoms with Gasteiger partial charge in [-0.1, -0.05) is 29.4 Å². The van der Waals surface area contributed by atoms with Crippen molar-refractivity contribution in [2.45, 2.75) is 33.2 Å². The summed E-state index contributed by atoms with van der Waals surface area (Å²) in [6, 6.07) is 11.4. The van der Waals surface area contributed by atoms with Crippen LogP contribution in [0.2, 0.25) is 0 Å². The molecule has 6 rings (SSSR count). The van der Waals surface area contributed by atoms with Crippen molar-refractivity contribution in [3.63, 3.8) is 0 Å². The number of aliphatic carboxylic acids is 1. The third-order valence-corrected chi connectivity index (χ3v) is 7.03. The van der Waals surface area contributed by atoms with Crippen LogP contribution in [0.25, 0.3) is 33.1 Å². The predicted octanol–water partition coefficient (Wildman–Crippen LogP) is 5.11. The number of anilines is 1. The molecule has 2 atom stereocenters. The number of benzene rings is 2. The quantitative estimate of drug-likeness (QED) is 0.315. The molecule has 1 unspecified atom stereocenters. The molecular formula is C27H25N5O4. The van der Waals surface area contributed by atoms with Gasteiger partial charge in [0.25, 0.3) is 0 Å². The molecule has 3 N–H and O–H groups in total. The highest BCUT2D eigenvalue weighted by Gasteiger charge is 2.38. The molecule has 2 aromatic carbocycles. The van der Waals surface area contributed by atoms with E-state index >= 15 is 0 Å². The Morgan fingerprint density at radius 3 is 2.72 bits per heavy atom. The second-order valence-corrected chi connectivity index (χ2v) is 9.23. The molecule has 0 spiro atoms. The first-order valence-corrected chi connectivity index (χ1v) is 11.7. The van der Waals surface area contributed by atoms with Crippen LogP contribution in [0.3, 0.4) is 0 Å². The first-order valence-electron chi connectivity index (χ1n) is 11.7. The van der Waals surface area contributed by atoms with Gasteiger partial charge in [-0.15, -0.1) is 0 Å². The van der Waals surface area contributed by atoms with Crippen LogP contribution in [-0.2, 0) is 11.2 Å². The molecule has 0 bridgehead atoms. The number of aryl methyl sites for hydroxylation is 3. The van der Waals surface area contributed by atoms with Crippen molar-refractivity contribution < 1.29 is 19.2 Å². The molecule has 0 saturated carbocycles. The van der Waals surface area contributed by atoms with Gasteiger partial charge in [0.2, 0.25) is 0 Å². The number of carbonyl (C=O) groups is 1. The van der Waals surface area contributed by atoms with Gasteiger partial charge in [0.15, 0.2) is 0 Å². The van der Waals surface area contributed by atoms with Crippen LogP contribution in [0.5, 0.6) is 5.75 Å². The van der Waals surface area contributed by atoms with Gasteiger partial charge in [-0.2, -0.15) is 0 Å². The minimum absolute atomic E-state index is 0.412. The van der Waals surface area contributed by atoms with Crippen LogP contribution in [0.4, 0.5) is 5.82 Å². The fourth-order valence-electron chi connectivity index (χ4n) is 5.42. The molecular weight excluding hydrogens is 458 g/mol. The normalized spacial score (nSPS) is 17.0. The molecule has 1 aliphatic carbocycles. The SMILES string of the molecule is COc1cc2c(cc1-c1c(C)noc1C)[nH]c1nc(C)nc(NC3c4ccccc4C[C@@H]3C(=O)O)c12. The molecule has 9 heteroatoms. The molecule has 5 aromatic rings. The molecule has 0 saturated heterocycles. The highest BCUT2D eigenvalue weighted by Crippen LogP contribution is 2.43. The maximum Gasteiger partial charge on any atom is 0.309 e. The summed E-state index contributed by atoms with van der Waals surface area (Å²) in [7, 11) is 1.63. The van der Waals surface area contributed by atoms with Crippen molar-refractivity contribution in [3.05, 3.63) is 64.8 Å². The van der Waals surface area contributed by atoms with E-state index in [2.05, 4.69) is 20.4 Å². The highest BCUT2D eigenvalue weighted by atomic mass is 16.5. The van der Waals surface area contributed by atoms with E-state index in [1.807, 2.05) is 57.2 Å². The van der Waals surface area contributed by atoms with Gasteiger partial charge in [-0.05, 0) is 50.5 Å². The molecule has 182 valence electrons. The Morgan fingerprint density at radius 1 is 1.19 bits per heavy atom. The van der Waals surface area contributed by atoms with E-state index in [1.165, 1.54) is 0 Å². The maximum absolute atomic E-state index is 12.1. The first-order chi connectivity index (χ1) is 17.4. The van der Waals surface area contributed by atoms with E-state index in [4.69, 9.17) is 14.2 Å². The molecule has 1 aliphatic rings. The number of aromatic nitrogens is 4. The Bertz CT molecular complexity index is 1650. The van der Waals surface area contributed by atoms with Gasteiger partial charge in [0.05, 0.1) is 35.7 Å². The summed E-state index contributed by atoms with van der Waals surface area (Å²) in [4.78, 5) is 24.9. The zero-order valence-corrected chi connectivity index (χ0v) is 20.3. The van der Waals surface area contributed by atoms with E-state index in [-0.39, 0.29) is 0 Å². The molecule has 0 aliphatic heterocycles. The molecule has 36 heavy (non-hydrogen) atoms. The summed E-state index contributed by atoms with van der Waals surface area (Å²) < 4.78 is 11.2. The predicted molar refractivity (Wildman–Crippen MR) is 135 cm³/mol. The molecule has 0 radical (unpaired) electrons. The van der Waals surface area contributed by atoms with Crippen molar-refractivity contribution in [3.8, 4) is 16.9 Å². The number of H-pyrrole nitrogens is 1. The Kier molecular flexibility index (Phi) is 4.96. The molecule has 0 fully saturated rings. The number of rotatable bonds is 5. The van der Waals surface area contributed by atoms with Crippen LogP contribution in [0.15, 0.2) is 40.9 Å². The number of nitrogens with zero attached hydrogens (tertiary/aromatic N) is 3. The van der Waals surface area contributed by atoms with Gasteiger partial charge in [0.1, 0.15) is 28.8 Å². The lowest BCUT2D eigenvalue weighted by molar-refractivity contribution is -0.141. The zero-order valence-electron chi connectivity index (χ0n) is 20.3. The third kappa shape index (κ3) is 3.30. The lowest BCUT2D eigenvalue weighted by Gasteiger charge is -2.20. The van der Waals surface area contributed by atoms with Gasteiger partial charge < -0.3 is 24.7 Å². The summed E-state index contributed by atoms with van der Waals surface area (Å²) in [6.45, 7) is 5.60. The van der Waals surface area contributed by atoms with E-state index in [9.17, 15) is 9.90 Å². The number of hydrogen-bond donors (Lipinski definition) is 3. The number of hydrogen-bond acceptors (Lipinski definition) is 7. The first kappa shape index (κ1) is 22.1. The number of nitrogens with one attached hydrogen (secondary N) is 2. The number of aromatic amines is 1. The van der Waals surface area contributed by atoms with Crippen molar-refractivity contribution in [2.24, 2.45) is 5.92 Å². The van der Waals surface area contributed by atoms with Crippen molar-refractivity contribution in [1.82, 2.24) is 20.1 Å². The van der Waals surface area contributed by atoms with Crippen LogP contribution < -0.4 is 10.1 Å². The molecule has 3 aromatic heterocycles. The van der Waals surface area contributed by atoms with E-state index in [0.29, 0.717) is 35.2 Å². The minimum Gasteiger partial charge on any atom is -0.496 e. The van der Waals surface area contributed by atoms with E-state index < -0.39 is 17.9 Å². The Balaban J connectivity index is 1.55. The number of carboxylic acids is 1. The van der Waals surface area contributed by atoms with E-state index in [1.54, 1.807) is 7.11 Å². The van der Waals surface area contributed by atoms with Gasteiger partial charge >= 0.3 is 5.97 Å². The standard InChI is InChI=1S/C27H25N5O4/c1-12-22(13(2)36-32-12)18-10-20-17(11-21(18)35-4)23-25(30-20)28-14(3)29-26(23)31-24-16-8-6-5-7-15(16)9-19(24)27(33)34/h5-8,10-11,19,24H,9H2,1-4H3,(H,33,34)(H2,28,29,30,31)/t19-,24?/m0/s1. The highest BCUT2D eigenvalue weighted by molar-refractivity contribution is 6.13. The topological polar surface area (TPSA) is 126 Å². The van der Waals surface area contributed by atoms with E-state index in [0.717, 1.165) is 44.2 Å². The Labute approximate surface area is 206 Å². The number of methoxy groups -OCH3 is 1. The summed E-state index contributed by atoms with van der Waals surface area (Å²) in [5.74, 6) is 1.10. The van der Waals surface area contributed by atoms with Gasteiger partial charge in [-0.3, -0.25) is 4.79 Å². The third-order valence-electron chi connectivity index (χ3n) is 7.03. The summed E-state index contributed by atoms with van der Waals surface area (Å²) in [6.07, 6.45) is 0.471. The largest absolute Gasteiger partial charge is 0.496 e. The lowest BCUT2D eigenvalue weighted by atomic mass is 9.99. The van der Waals surface area contributed by atoms with Crippen LogP contribution >= 0.6 is 0 Å². The second-order valence-electron chi connectivity index (χ2n) is 9.23. The van der Waals surface area contributed by atoms with Crippen LogP contribution in [-0.4, -0.2) is 38.3 Å². The van der Waals surface area contributed by atoms with Crippen molar-refractivity contribution in [1.29, 1.82) is 0 Å². The fourth-order valence-corrected chi connectivity index (χ4v) is 5.42.